The number of benzene rings is 2. The number of aromatic amines is 1. The number of imidazole rings is 1. The summed E-state index contributed by atoms with van der Waals surface area (Å²) in [7, 11) is 1.30. The van der Waals surface area contributed by atoms with E-state index in [0.29, 0.717) is 6.54 Å². The molecular formula is C26H31N5O3. The molecule has 2 amide bonds. The zero-order valence-corrected chi connectivity index (χ0v) is 19.7. The molecule has 0 spiro atoms. The summed E-state index contributed by atoms with van der Waals surface area (Å²) in [4.78, 5) is 34.9. The zero-order chi connectivity index (χ0) is 24.1. The van der Waals surface area contributed by atoms with Gasteiger partial charge in [0.25, 0.3) is 0 Å². The van der Waals surface area contributed by atoms with Crippen LogP contribution in [0.15, 0.2) is 60.8 Å². The molecule has 1 aliphatic rings. The van der Waals surface area contributed by atoms with Gasteiger partial charge in [-0.25, -0.2) is 9.78 Å². The molecule has 1 aromatic heterocycles. The molecule has 8 nitrogen and oxygen atoms in total. The van der Waals surface area contributed by atoms with Crippen molar-refractivity contribution in [3.05, 3.63) is 66.6 Å². The quantitative estimate of drug-likeness (QED) is 0.466. The molecule has 34 heavy (non-hydrogen) atoms. The molecular weight excluding hydrogens is 430 g/mol. The predicted octanol–water partition coefficient (Wildman–Crippen LogP) is 4.86. The highest BCUT2D eigenvalue weighted by molar-refractivity contribution is 5.86. The first-order chi connectivity index (χ1) is 16.5. The van der Waals surface area contributed by atoms with Gasteiger partial charge in [0.1, 0.15) is 11.9 Å². The molecule has 1 unspecified atom stereocenters. The third-order valence-corrected chi connectivity index (χ3v) is 6.10. The lowest BCUT2D eigenvalue weighted by atomic mass is 10.0. The normalized spacial score (nSPS) is 16.4. The SMILES string of the molecule is COC(=O)N[C@H](C(=O)N1CCCC1c1ncc(-c2ccc(Nc3ccccc3)cc2)[nH]1)C(C)C. The van der Waals surface area contributed by atoms with Gasteiger partial charge in [-0.1, -0.05) is 44.2 Å². The number of carbonyl (C=O) groups excluding carboxylic acids is 2. The molecule has 4 rings (SSSR count). The maximum Gasteiger partial charge on any atom is 0.407 e. The average Bonchev–Trinajstić information content (AvgIpc) is 3.53. The van der Waals surface area contributed by atoms with Crippen molar-refractivity contribution in [2.45, 2.75) is 38.8 Å². The Morgan fingerprint density at radius 3 is 2.47 bits per heavy atom. The van der Waals surface area contributed by atoms with Gasteiger partial charge in [0.15, 0.2) is 0 Å². The van der Waals surface area contributed by atoms with E-state index in [4.69, 9.17) is 4.74 Å². The molecule has 3 N–H and O–H groups in total. The number of amides is 2. The third kappa shape index (κ3) is 5.22. The number of nitrogens with one attached hydrogen (secondary N) is 3. The number of para-hydroxylation sites is 1. The monoisotopic (exact) mass is 461 g/mol. The summed E-state index contributed by atoms with van der Waals surface area (Å²) in [6, 6.07) is 17.4. The Balaban J connectivity index is 1.47. The van der Waals surface area contributed by atoms with Crippen LogP contribution < -0.4 is 10.6 Å². The third-order valence-electron chi connectivity index (χ3n) is 6.10. The fourth-order valence-electron chi connectivity index (χ4n) is 4.27. The van der Waals surface area contributed by atoms with Crippen LogP contribution in [0.3, 0.4) is 0 Å². The maximum absolute atomic E-state index is 13.3. The van der Waals surface area contributed by atoms with Crippen molar-refractivity contribution in [3.63, 3.8) is 0 Å². The number of alkyl carbamates (subject to hydrolysis) is 1. The minimum atomic E-state index is -0.646. The Kier molecular flexibility index (Phi) is 7.15. The second-order valence-electron chi connectivity index (χ2n) is 8.80. The Bertz CT molecular complexity index is 1110. The summed E-state index contributed by atoms with van der Waals surface area (Å²) in [6.07, 6.45) is 2.91. The molecule has 1 saturated heterocycles. The molecule has 1 fully saturated rings. The average molecular weight is 462 g/mol. The number of aromatic nitrogens is 2. The van der Waals surface area contributed by atoms with Gasteiger partial charge in [-0.05, 0) is 48.6 Å². The Labute approximate surface area is 199 Å². The lowest BCUT2D eigenvalue weighted by Crippen LogP contribution is -2.51. The molecule has 0 radical (unpaired) electrons. The number of carbonyl (C=O) groups is 2. The predicted molar refractivity (Wildman–Crippen MR) is 132 cm³/mol. The van der Waals surface area contributed by atoms with Gasteiger partial charge < -0.3 is 25.3 Å². The van der Waals surface area contributed by atoms with E-state index in [9.17, 15) is 9.59 Å². The van der Waals surface area contributed by atoms with Gasteiger partial charge >= 0.3 is 6.09 Å². The minimum Gasteiger partial charge on any atom is -0.453 e. The number of ether oxygens (including phenoxy) is 1. The van der Waals surface area contributed by atoms with E-state index in [-0.39, 0.29) is 17.9 Å². The highest BCUT2D eigenvalue weighted by Crippen LogP contribution is 2.33. The number of hydrogen-bond acceptors (Lipinski definition) is 5. The molecule has 2 atom stereocenters. The van der Waals surface area contributed by atoms with Crippen LogP contribution in [-0.2, 0) is 9.53 Å². The molecule has 2 heterocycles. The van der Waals surface area contributed by atoms with Crippen LogP contribution in [-0.4, -0.2) is 46.6 Å². The van der Waals surface area contributed by atoms with Crippen LogP contribution in [0.1, 0.15) is 38.6 Å². The smallest absolute Gasteiger partial charge is 0.407 e. The van der Waals surface area contributed by atoms with Crippen molar-refractivity contribution >= 4 is 23.4 Å². The first kappa shape index (κ1) is 23.4. The van der Waals surface area contributed by atoms with Crippen molar-refractivity contribution in [2.75, 3.05) is 19.0 Å². The second-order valence-corrected chi connectivity index (χ2v) is 8.80. The summed E-state index contributed by atoms with van der Waals surface area (Å²) in [5.41, 5.74) is 3.95. The number of nitrogens with zero attached hydrogens (tertiary/aromatic N) is 2. The first-order valence-corrected chi connectivity index (χ1v) is 11.6. The lowest BCUT2D eigenvalue weighted by molar-refractivity contribution is -0.135. The van der Waals surface area contributed by atoms with E-state index in [1.807, 2.05) is 79.5 Å². The summed E-state index contributed by atoms with van der Waals surface area (Å²) < 4.78 is 4.71. The van der Waals surface area contributed by atoms with Gasteiger partial charge in [0, 0.05) is 17.9 Å². The number of hydrogen-bond donors (Lipinski definition) is 3. The van der Waals surface area contributed by atoms with E-state index < -0.39 is 12.1 Å². The van der Waals surface area contributed by atoms with E-state index in [1.54, 1.807) is 0 Å². The molecule has 2 aromatic carbocycles. The van der Waals surface area contributed by atoms with Crippen molar-refractivity contribution in [2.24, 2.45) is 5.92 Å². The number of H-pyrrole nitrogens is 1. The second kappa shape index (κ2) is 10.4. The minimum absolute atomic E-state index is 0.0666. The topological polar surface area (TPSA) is 99.3 Å². The Morgan fingerprint density at radius 1 is 1.09 bits per heavy atom. The summed E-state index contributed by atoms with van der Waals surface area (Å²) >= 11 is 0. The Hall–Kier alpha value is -3.81. The molecule has 178 valence electrons. The van der Waals surface area contributed by atoms with Crippen LogP contribution in [0.2, 0.25) is 0 Å². The van der Waals surface area contributed by atoms with Crippen LogP contribution in [0.4, 0.5) is 16.2 Å². The van der Waals surface area contributed by atoms with Gasteiger partial charge in [-0.15, -0.1) is 0 Å². The molecule has 1 aliphatic heterocycles. The number of methoxy groups -OCH3 is 1. The molecule has 8 heteroatoms. The molecule has 0 bridgehead atoms. The Morgan fingerprint density at radius 2 is 1.79 bits per heavy atom. The van der Waals surface area contributed by atoms with E-state index in [2.05, 4.69) is 20.6 Å². The van der Waals surface area contributed by atoms with Gasteiger partial charge in [0.2, 0.25) is 5.91 Å². The van der Waals surface area contributed by atoms with E-state index in [0.717, 1.165) is 41.3 Å². The van der Waals surface area contributed by atoms with E-state index >= 15 is 0 Å². The lowest BCUT2D eigenvalue weighted by Gasteiger charge is -2.30. The summed E-state index contributed by atoms with van der Waals surface area (Å²) in [5, 5.41) is 6.06. The molecule has 3 aromatic rings. The largest absolute Gasteiger partial charge is 0.453 e. The molecule has 0 aliphatic carbocycles. The van der Waals surface area contributed by atoms with Gasteiger partial charge in [0.05, 0.1) is 25.0 Å². The van der Waals surface area contributed by atoms with Crippen LogP contribution in [0.25, 0.3) is 11.3 Å². The fourth-order valence-corrected chi connectivity index (χ4v) is 4.27. The highest BCUT2D eigenvalue weighted by atomic mass is 16.5. The van der Waals surface area contributed by atoms with Crippen molar-refractivity contribution in [1.82, 2.24) is 20.2 Å². The fraction of sp³-hybridized carbons (Fsp3) is 0.346. The van der Waals surface area contributed by atoms with Crippen molar-refractivity contribution < 1.29 is 14.3 Å². The van der Waals surface area contributed by atoms with Crippen LogP contribution in [0, 0.1) is 5.92 Å². The number of rotatable bonds is 7. The van der Waals surface area contributed by atoms with Gasteiger partial charge in [-0.3, -0.25) is 4.79 Å². The van der Waals surface area contributed by atoms with Crippen molar-refractivity contribution in [1.29, 1.82) is 0 Å². The number of likely N-dealkylation sites (tertiary alicyclic amines) is 1. The summed E-state index contributed by atoms with van der Waals surface area (Å²) in [6.45, 7) is 4.45. The van der Waals surface area contributed by atoms with E-state index in [1.165, 1.54) is 7.11 Å². The number of anilines is 2. The zero-order valence-electron chi connectivity index (χ0n) is 19.7. The van der Waals surface area contributed by atoms with Crippen molar-refractivity contribution in [3.8, 4) is 11.3 Å². The van der Waals surface area contributed by atoms with Gasteiger partial charge in [-0.2, -0.15) is 0 Å². The first-order valence-electron chi connectivity index (χ1n) is 11.6. The maximum atomic E-state index is 13.3. The summed E-state index contributed by atoms with van der Waals surface area (Å²) in [5.74, 6) is 0.577. The standard InChI is InChI=1S/C26H31N5O3/c1-17(2)23(30-26(33)34-3)25(32)31-15-7-10-22(31)24-27-16-21(29-24)18-11-13-20(14-12-18)28-19-8-5-4-6-9-19/h4-6,8-9,11-14,16-17,22-23,28H,7,10,15H2,1-3H3,(H,27,29)(H,30,33)/t22?,23-/m0/s1. The van der Waals surface area contributed by atoms with Crippen LogP contribution >= 0.6 is 0 Å². The molecule has 0 saturated carbocycles. The highest BCUT2D eigenvalue weighted by Gasteiger charge is 2.37. The van der Waals surface area contributed by atoms with Crippen LogP contribution in [0.5, 0.6) is 0 Å².